The second-order valence-electron chi connectivity index (χ2n) is 2.19. The first-order valence-corrected chi connectivity index (χ1v) is 3.40. The van der Waals surface area contributed by atoms with E-state index in [4.69, 9.17) is 0 Å². The van der Waals surface area contributed by atoms with Gasteiger partial charge in [-0.15, -0.1) is 0 Å². The van der Waals surface area contributed by atoms with Crippen LogP contribution in [-0.4, -0.2) is 25.5 Å². The van der Waals surface area contributed by atoms with Gasteiger partial charge in [-0.2, -0.15) is 0 Å². The van der Waals surface area contributed by atoms with Crippen LogP contribution in [0.4, 0.5) is 0 Å². The molecule has 2 nitrogen and oxygen atoms in total. The van der Waals surface area contributed by atoms with Crippen molar-refractivity contribution < 1.29 is 0 Å². The van der Waals surface area contributed by atoms with E-state index >= 15 is 0 Å². The van der Waals surface area contributed by atoms with Crippen LogP contribution in [0.25, 0.3) is 0 Å². The van der Waals surface area contributed by atoms with E-state index in [1.54, 1.807) is 0 Å². The fourth-order valence-electron chi connectivity index (χ4n) is 0.658. The number of nitrogens with zero attached hydrogens (tertiary/aromatic N) is 1. The Morgan fingerprint density at radius 1 is 1.70 bits per heavy atom. The van der Waals surface area contributed by atoms with Crippen molar-refractivity contribution in [2.75, 3.05) is 20.6 Å². The van der Waals surface area contributed by atoms with Gasteiger partial charge in [-0.1, -0.05) is 12.7 Å². The molecule has 2 heteroatoms. The summed E-state index contributed by atoms with van der Waals surface area (Å²) in [4.78, 5) is 2.00. The lowest BCUT2D eigenvalue weighted by Gasteiger charge is -2.15. The molecule has 58 valence electrons. The molecule has 0 saturated carbocycles. The SMILES string of the molecule is C=C(CNC)N(C)/C=C\C. The Hall–Kier alpha value is -0.760. The minimum Gasteiger partial charge on any atom is -0.354 e. The van der Waals surface area contributed by atoms with E-state index in [0.29, 0.717) is 0 Å². The molecule has 0 aromatic heterocycles. The molecule has 0 radical (unpaired) electrons. The van der Waals surface area contributed by atoms with Crippen molar-refractivity contribution in [2.45, 2.75) is 6.92 Å². The molecule has 0 bridgehead atoms. The quantitative estimate of drug-likeness (QED) is 0.631. The predicted octanol–water partition coefficient (Wildman–Crippen LogP) is 1.18. The van der Waals surface area contributed by atoms with E-state index in [2.05, 4.69) is 11.9 Å². The Kier molecular flexibility index (Phi) is 4.67. The number of allylic oxidation sites excluding steroid dienone is 1. The second-order valence-corrected chi connectivity index (χ2v) is 2.19. The highest BCUT2D eigenvalue weighted by Gasteiger charge is 1.93. The molecule has 10 heavy (non-hydrogen) atoms. The van der Waals surface area contributed by atoms with Crippen molar-refractivity contribution in [1.82, 2.24) is 10.2 Å². The number of rotatable bonds is 4. The molecule has 0 aromatic carbocycles. The summed E-state index contributed by atoms with van der Waals surface area (Å²) in [5.74, 6) is 0. The third-order valence-corrected chi connectivity index (χ3v) is 1.25. The van der Waals surface area contributed by atoms with Crippen LogP contribution in [0.2, 0.25) is 0 Å². The summed E-state index contributed by atoms with van der Waals surface area (Å²) in [6, 6.07) is 0. The zero-order chi connectivity index (χ0) is 7.98. The molecule has 1 N–H and O–H groups in total. The lowest BCUT2D eigenvalue weighted by atomic mass is 10.4. The van der Waals surface area contributed by atoms with Crippen LogP contribution in [0.3, 0.4) is 0 Å². The monoisotopic (exact) mass is 140 g/mol. The Labute approximate surface area is 63.2 Å². The minimum absolute atomic E-state index is 0.834. The third kappa shape index (κ3) is 3.30. The fraction of sp³-hybridized carbons (Fsp3) is 0.500. The molecular formula is C8H16N2. The van der Waals surface area contributed by atoms with Crippen LogP contribution in [0.5, 0.6) is 0 Å². The maximum absolute atomic E-state index is 3.88. The van der Waals surface area contributed by atoms with Crippen LogP contribution in [0.1, 0.15) is 6.92 Å². The first kappa shape index (κ1) is 9.24. The van der Waals surface area contributed by atoms with Gasteiger partial charge in [0, 0.05) is 19.3 Å². The maximum atomic E-state index is 3.88. The molecule has 0 rings (SSSR count). The molecule has 0 aliphatic rings. The van der Waals surface area contributed by atoms with E-state index < -0.39 is 0 Å². The summed E-state index contributed by atoms with van der Waals surface area (Å²) >= 11 is 0. The lowest BCUT2D eigenvalue weighted by molar-refractivity contribution is 0.543. The van der Waals surface area contributed by atoms with Gasteiger partial charge in [-0.05, 0) is 20.2 Å². The van der Waals surface area contributed by atoms with Crippen molar-refractivity contribution in [3.63, 3.8) is 0 Å². The van der Waals surface area contributed by atoms with Crippen LogP contribution in [0, 0.1) is 0 Å². The highest BCUT2D eigenvalue weighted by Crippen LogP contribution is 1.95. The summed E-state index contributed by atoms with van der Waals surface area (Å²) in [5, 5.41) is 3.03. The summed E-state index contributed by atoms with van der Waals surface area (Å²) in [5.41, 5.74) is 1.07. The Morgan fingerprint density at radius 2 is 2.30 bits per heavy atom. The van der Waals surface area contributed by atoms with Crippen molar-refractivity contribution in [3.05, 3.63) is 24.6 Å². The Bertz CT molecular complexity index is 127. The molecule has 0 heterocycles. The fourth-order valence-corrected chi connectivity index (χ4v) is 0.658. The van der Waals surface area contributed by atoms with E-state index in [1.807, 2.05) is 38.2 Å². The minimum atomic E-state index is 0.834. The summed E-state index contributed by atoms with van der Waals surface area (Å²) in [6.45, 7) is 6.70. The van der Waals surface area contributed by atoms with Gasteiger partial charge in [-0.25, -0.2) is 0 Å². The predicted molar refractivity (Wildman–Crippen MR) is 45.6 cm³/mol. The topological polar surface area (TPSA) is 15.3 Å². The van der Waals surface area contributed by atoms with Gasteiger partial charge in [-0.3, -0.25) is 0 Å². The number of likely N-dealkylation sites (N-methyl/N-ethyl adjacent to an activating group) is 2. The van der Waals surface area contributed by atoms with Gasteiger partial charge in [0.1, 0.15) is 0 Å². The summed E-state index contributed by atoms with van der Waals surface area (Å²) in [6.07, 6.45) is 3.97. The van der Waals surface area contributed by atoms with E-state index in [9.17, 15) is 0 Å². The maximum Gasteiger partial charge on any atom is 0.0350 e. The highest BCUT2D eigenvalue weighted by atomic mass is 15.1. The van der Waals surface area contributed by atoms with Gasteiger partial charge >= 0.3 is 0 Å². The molecule has 0 aromatic rings. The Balaban J connectivity index is 3.70. The van der Waals surface area contributed by atoms with E-state index in [1.165, 1.54) is 0 Å². The van der Waals surface area contributed by atoms with Crippen molar-refractivity contribution in [1.29, 1.82) is 0 Å². The van der Waals surface area contributed by atoms with Gasteiger partial charge in [0.2, 0.25) is 0 Å². The Morgan fingerprint density at radius 3 is 2.70 bits per heavy atom. The second kappa shape index (κ2) is 5.06. The first-order chi connectivity index (χ1) is 4.72. The van der Waals surface area contributed by atoms with E-state index in [-0.39, 0.29) is 0 Å². The zero-order valence-electron chi connectivity index (χ0n) is 7.02. The highest BCUT2D eigenvalue weighted by molar-refractivity contribution is 4.99. The van der Waals surface area contributed by atoms with Crippen LogP contribution in [0.15, 0.2) is 24.6 Å². The largest absolute Gasteiger partial charge is 0.354 e. The van der Waals surface area contributed by atoms with Gasteiger partial charge in [0.05, 0.1) is 0 Å². The molecule has 0 unspecified atom stereocenters. The molecular weight excluding hydrogens is 124 g/mol. The van der Waals surface area contributed by atoms with Crippen LogP contribution < -0.4 is 5.32 Å². The lowest BCUT2D eigenvalue weighted by Crippen LogP contribution is -2.19. The third-order valence-electron chi connectivity index (χ3n) is 1.25. The van der Waals surface area contributed by atoms with Crippen LogP contribution >= 0.6 is 0 Å². The standard InChI is InChI=1S/C8H16N2/c1-5-6-10(4)8(2)7-9-3/h5-6,9H,2,7H2,1,3-4H3/b6-5-. The first-order valence-electron chi connectivity index (χ1n) is 3.40. The average Bonchev–Trinajstić information content (AvgIpc) is 1.89. The molecule has 0 fully saturated rings. The average molecular weight is 140 g/mol. The van der Waals surface area contributed by atoms with Gasteiger partial charge in [0.15, 0.2) is 0 Å². The number of hydrogen-bond donors (Lipinski definition) is 1. The normalized spacial score (nSPS) is 10.3. The van der Waals surface area contributed by atoms with Crippen molar-refractivity contribution in [2.24, 2.45) is 0 Å². The molecule has 0 atom stereocenters. The molecule has 0 aliphatic heterocycles. The molecule has 0 amide bonds. The van der Waals surface area contributed by atoms with Crippen molar-refractivity contribution in [3.8, 4) is 0 Å². The molecule has 0 spiro atoms. The molecule has 0 aliphatic carbocycles. The number of nitrogens with one attached hydrogen (secondary N) is 1. The smallest absolute Gasteiger partial charge is 0.0350 e. The number of hydrogen-bond acceptors (Lipinski definition) is 2. The van der Waals surface area contributed by atoms with Gasteiger partial charge in [0.25, 0.3) is 0 Å². The van der Waals surface area contributed by atoms with Crippen molar-refractivity contribution >= 4 is 0 Å². The van der Waals surface area contributed by atoms with Crippen LogP contribution in [-0.2, 0) is 0 Å². The zero-order valence-corrected chi connectivity index (χ0v) is 7.02. The summed E-state index contributed by atoms with van der Waals surface area (Å²) in [7, 11) is 3.90. The molecule has 0 saturated heterocycles. The summed E-state index contributed by atoms with van der Waals surface area (Å²) < 4.78 is 0. The van der Waals surface area contributed by atoms with E-state index in [0.717, 1.165) is 12.2 Å². The van der Waals surface area contributed by atoms with Gasteiger partial charge < -0.3 is 10.2 Å².